The number of benzene rings is 1. The predicted molar refractivity (Wildman–Crippen MR) is 120 cm³/mol. The number of thiophene rings is 1. The van der Waals surface area contributed by atoms with Gasteiger partial charge in [-0.05, 0) is 35.4 Å². The van der Waals surface area contributed by atoms with Gasteiger partial charge in [-0.3, -0.25) is 9.59 Å². The Morgan fingerprint density at radius 2 is 2.03 bits per heavy atom. The van der Waals surface area contributed by atoms with Crippen LogP contribution in [0.1, 0.15) is 18.9 Å². The normalized spacial score (nSPS) is 17.1. The van der Waals surface area contributed by atoms with Crippen LogP contribution in [-0.4, -0.2) is 62.6 Å². The van der Waals surface area contributed by atoms with Crippen molar-refractivity contribution in [3.8, 4) is 10.4 Å². The first kappa shape index (κ1) is 21.2. The second-order valence-corrected chi connectivity index (χ2v) is 8.78. The Morgan fingerprint density at radius 3 is 2.71 bits per heavy atom. The molecule has 0 bridgehead atoms. The van der Waals surface area contributed by atoms with Crippen LogP contribution in [0.4, 0.5) is 0 Å². The Balaban J connectivity index is 1.49. The topological polar surface area (TPSA) is 71.3 Å². The highest BCUT2D eigenvalue weighted by atomic mass is 32.1. The van der Waals surface area contributed by atoms with Crippen LogP contribution in [0.5, 0.6) is 0 Å². The fourth-order valence-corrected chi connectivity index (χ4v) is 4.73. The van der Waals surface area contributed by atoms with Crippen LogP contribution in [0, 0.1) is 5.92 Å². The molecule has 7 nitrogen and oxygen atoms in total. The average molecular weight is 438 g/mol. The molecule has 1 fully saturated rings. The summed E-state index contributed by atoms with van der Waals surface area (Å²) in [5, 5.41) is 6.10. The molecule has 0 unspecified atom stereocenters. The SMILES string of the molecule is CCCN1CCN(C(=O)Cn2cncn2)C[C@H](Cc2ccc(-c3cccs3)cc2)C1=O. The molecular formula is C23H27N5O2S. The summed E-state index contributed by atoms with van der Waals surface area (Å²) in [6.07, 6.45) is 4.49. The monoisotopic (exact) mass is 437 g/mol. The van der Waals surface area contributed by atoms with Crippen LogP contribution in [0.15, 0.2) is 54.4 Å². The van der Waals surface area contributed by atoms with E-state index in [-0.39, 0.29) is 24.3 Å². The van der Waals surface area contributed by atoms with Gasteiger partial charge < -0.3 is 9.80 Å². The summed E-state index contributed by atoms with van der Waals surface area (Å²) in [6.45, 7) is 4.49. The van der Waals surface area contributed by atoms with E-state index < -0.39 is 0 Å². The highest BCUT2D eigenvalue weighted by molar-refractivity contribution is 7.13. The molecule has 0 N–H and O–H groups in total. The molecule has 0 saturated carbocycles. The van der Waals surface area contributed by atoms with Crippen molar-refractivity contribution >= 4 is 23.2 Å². The van der Waals surface area contributed by atoms with Crippen molar-refractivity contribution in [3.63, 3.8) is 0 Å². The molecular weight excluding hydrogens is 410 g/mol. The van der Waals surface area contributed by atoms with Gasteiger partial charge in [-0.2, -0.15) is 5.10 Å². The lowest BCUT2D eigenvalue weighted by atomic mass is 9.96. The summed E-state index contributed by atoms with van der Waals surface area (Å²) in [7, 11) is 0. The molecule has 2 amide bonds. The van der Waals surface area contributed by atoms with Crippen LogP contribution in [0.25, 0.3) is 10.4 Å². The Labute approximate surface area is 186 Å². The molecule has 8 heteroatoms. The van der Waals surface area contributed by atoms with E-state index in [0.717, 1.165) is 18.5 Å². The molecule has 1 aliphatic rings. The number of carbonyl (C=O) groups excluding carboxylic acids is 2. The van der Waals surface area contributed by atoms with Crippen LogP contribution in [-0.2, 0) is 22.6 Å². The molecule has 3 heterocycles. The minimum absolute atomic E-state index is 0.0327. The molecule has 3 aromatic rings. The van der Waals surface area contributed by atoms with Gasteiger partial charge in [-0.1, -0.05) is 37.3 Å². The van der Waals surface area contributed by atoms with Crippen molar-refractivity contribution in [1.29, 1.82) is 0 Å². The zero-order valence-corrected chi connectivity index (χ0v) is 18.5. The van der Waals surface area contributed by atoms with Crippen molar-refractivity contribution in [2.45, 2.75) is 26.3 Å². The summed E-state index contributed by atoms with van der Waals surface area (Å²) in [6, 6.07) is 12.6. The molecule has 4 rings (SSSR count). The lowest BCUT2D eigenvalue weighted by Crippen LogP contribution is -2.39. The lowest BCUT2D eigenvalue weighted by molar-refractivity contribution is -0.135. The molecule has 2 aromatic heterocycles. The van der Waals surface area contributed by atoms with Gasteiger partial charge in [0.05, 0.1) is 5.92 Å². The summed E-state index contributed by atoms with van der Waals surface area (Å²) in [5.41, 5.74) is 2.30. The predicted octanol–water partition coefficient (Wildman–Crippen LogP) is 2.95. The van der Waals surface area contributed by atoms with E-state index in [0.29, 0.717) is 26.1 Å². The Kier molecular flexibility index (Phi) is 6.76. The third-order valence-electron chi connectivity index (χ3n) is 5.59. The van der Waals surface area contributed by atoms with Gasteiger partial charge >= 0.3 is 0 Å². The molecule has 1 aliphatic heterocycles. The quantitative estimate of drug-likeness (QED) is 0.570. The molecule has 31 heavy (non-hydrogen) atoms. The minimum Gasteiger partial charge on any atom is -0.341 e. The first-order valence-corrected chi connectivity index (χ1v) is 11.5. The van der Waals surface area contributed by atoms with Gasteiger partial charge in [-0.15, -0.1) is 11.3 Å². The highest BCUT2D eigenvalue weighted by Crippen LogP contribution is 2.26. The maximum atomic E-state index is 13.2. The largest absolute Gasteiger partial charge is 0.341 e. The number of carbonyl (C=O) groups is 2. The third kappa shape index (κ3) is 5.19. The van der Waals surface area contributed by atoms with E-state index in [2.05, 4.69) is 52.7 Å². The van der Waals surface area contributed by atoms with Gasteiger partial charge in [0, 0.05) is 31.1 Å². The van der Waals surface area contributed by atoms with Crippen molar-refractivity contribution in [2.24, 2.45) is 5.92 Å². The van der Waals surface area contributed by atoms with Crippen LogP contribution in [0.3, 0.4) is 0 Å². The van der Waals surface area contributed by atoms with Crippen LogP contribution in [0.2, 0.25) is 0 Å². The molecule has 1 atom stereocenters. The number of aromatic nitrogens is 3. The smallest absolute Gasteiger partial charge is 0.244 e. The minimum atomic E-state index is -0.249. The van der Waals surface area contributed by atoms with Crippen molar-refractivity contribution in [3.05, 3.63) is 60.0 Å². The second-order valence-electron chi connectivity index (χ2n) is 7.83. The summed E-state index contributed by atoms with van der Waals surface area (Å²) in [5.74, 6) is -0.142. The second kappa shape index (κ2) is 9.87. The van der Waals surface area contributed by atoms with E-state index in [1.54, 1.807) is 16.2 Å². The van der Waals surface area contributed by atoms with E-state index in [9.17, 15) is 9.59 Å². The van der Waals surface area contributed by atoms with Crippen molar-refractivity contribution in [1.82, 2.24) is 24.6 Å². The zero-order chi connectivity index (χ0) is 21.6. The van der Waals surface area contributed by atoms with Gasteiger partial charge in [0.1, 0.15) is 19.2 Å². The van der Waals surface area contributed by atoms with E-state index in [1.807, 2.05) is 11.0 Å². The lowest BCUT2D eigenvalue weighted by Gasteiger charge is -2.24. The summed E-state index contributed by atoms with van der Waals surface area (Å²) in [4.78, 5) is 35.0. The average Bonchev–Trinajstić information content (AvgIpc) is 3.47. The zero-order valence-electron chi connectivity index (χ0n) is 17.7. The Hall–Kier alpha value is -3.00. The molecule has 1 aromatic carbocycles. The number of rotatable bonds is 7. The first-order valence-electron chi connectivity index (χ1n) is 10.7. The molecule has 0 radical (unpaired) electrons. The third-order valence-corrected chi connectivity index (χ3v) is 6.51. The van der Waals surface area contributed by atoms with Gasteiger partial charge in [0.2, 0.25) is 11.8 Å². The van der Waals surface area contributed by atoms with Gasteiger partial charge in [0.25, 0.3) is 0 Å². The van der Waals surface area contributed by atoms with E-state index in [4.69, 9.17) is 0 Å². The Morgan fingerprint density at radius 1 is 1.19 bits per heavy atom. The van der Waals surface area contributed by atoms with Crippen LogP contribution < -0.4 is 0 Å². The standard InChI is InChI=1S/C23H27N5O2S/c1-2-9-26-10-11-27(22(29)15-28-17-24-16-25-28)14-20(23(26)30)13-18-5-7-19(8-6-18)21-4-3-12-31-21/h3-8,12,16-17,20H,2,9-11,13-15H2,1H3/t20-/m0/s1. The van der Waals surface area contributed by atoms with Crippen molar-refractivity contribution in [2.75, 3.05) is 26.2 Å². The fraction of sp³-hybridized carbons (Fsp3) is 0.391. The highest BCUT2D eigenvalue weighted by Gasteiger charge is 2.32. The molecule has 0 spiro atoms. The maximum Gasteiger partial charge on any atom is 0.244 e. The fourth-order valence-electron chi connectivity index (χ4n) is 4.00. The first-order chi connectivity index (χ1) is 15.1. The Bertz CT molecular complexity index is 986. The van der Waals surface area contributed by atoms with E-state index in [1.165, 1.54) is 27.8 Å². The van der Waals surface area contributed by atoms with Gasteiger partial charge in [0.15, 0.2) is 0 Å². The van der Waals surface area contributed by atoms with Crippen molar-refractivity contribution < 1.29 is 9.59 Å². The summed E-state index contributed by atoms with van der Waals surface area (Å²) >= 11 is 1.71. The number of hydrogen-bond donors (Lipinski definition) is 0. The number of amides is 2. The number of hydrogen-bond acceptors (Lipinski definition) is 5. The summed E-state index contributed by atoms with van der Waals surface area (Å²) < 4.78 is 1.52. The number of nitrogens with zero attached hydrogens (tertiary/aromatic N) is 5. The van der Waals surface area contributed by atoms with E-state index >= 15 is 0 Å². The molecule has 1 saturated heterocycles. The van der Waals surface area contributed by atoms with Crippen LogP contribution >= 0.6 is 11.3 Å². The maximum absolute atomic E-state index is 13.2. The van der Waals surface area contributed by atoms with Gasteiger partial charge in [-0.25, -0.2) is 9.67 Å². The molecule has 0 aliphatic carbocycles. The molecule has 162 valence electrons.